The predicted molar refractivity (Wildman–Crippen MR) is 105 cm³/mol. The van der Waals surface area contributed by atoms with Gasteiger partial charge in [-0.3, -0.25) is 14.5 Å². The van der Waals surface area contributed by atoms with Gasteiger partial charge in [0.25, 0.3) is 5.91 Å². The molecule has 0 aromatic heterocycles. The molecule has 28 heavy (non-hydrogen) atoms. The van der Waals surface area contributed by atoms with E-state index in [1.807, 2.05) is 18.2 Å². The summed E-state index contributed by atoms with van der Waals surface area (Å²) < 4.78 is 5.92. The van der Waals surface area contributed by atoms with Gasteiger partial charge in [-0.2, -0.15) is 0 Å². The third kappa shape index (κ3) is 4.35. The molecule has 2 saturated heterocycles. The maximum Gasteiger partial charge on any atom is 0.327 e. The number of carbonyl (C=O) groups excluding carboxylic acids is 3. The average Bonchev–Trinajstić information content (AvgIpc) is 2.88. The molecule has 4 amide bonds. The van der Waals surface area contributed by atoms with Crippen LogP contribution < -0.4 is 5.32 Å². The first-order chi connectivity index (χ1) is 13.2. The van der Waals surface area contributed by atoms with Crippen LogP contribution >= 0.6 is 0 Å². The quantitative estimate of drug-likeness (QED) is 0.757. The van der Waals surface area contributed by atoms with E-state index in [0.29, 0.717) is 13.2 Å². The van der Waals surface area contributed by atoms with Crippen molar-refractivity contribution in [2.24, 2.45) is 0 Å². The number of hydrogen-bond acceptors (Lipinski definition) is 4. The number of nitrogens with zero attached hydrogens (tertiary/aromatic N) is 2. The summed E-state index contributed by atoms with van der Waals surface area (Å²) >= 11 is 0. The van der Waals surface area contributed by atoms with E-state index >= 15 is 0 Å². The van der Waals surface area contributed by atoms with Gasteiger partial charge in [0.2, 0.25) is 5.91 Å². The van der Waals surface area contributed by atoms with Crippen LogP contribution in [-0.4, -0.2) is 66.5 Å². The summed E-state index contributed by atoms with van der Waals surface area (Å²) in [4.78, 5) is 38.4. The highest BCUT2D eigenvalue weighted by molar-refractivity contribution is 6.04. The third-order valence-electron chi connectivity index (χ3n) is 5.68. The van der Waals surface area contributed by atoms with Crippen molar-refractivity contribution in [3.05, 3.63) is 35.9 Å². The molecular formula is C21H29N3O4. The van der Waals surface area contributed by atoms with Crippen LogP contribution in [0.15, 0.2) is 30.3 Å². The van der Waals surface area contributed by atoms with E-state index in [0.717, 1.165) is 24.2 Å². The zero-order valence-electron chi connectivity index (χ0n) is 16.9. The first-order valence-electron chi connectivity index (χ1n) is 9.74. The van der Waals surface area contributed by atoms with E-state index < -0.39 is 6.03 Å². The number of amides is 4. The lowest BCUT2D eigenvalue weighted by molar-refractivity contribution is -0.130. The standard InChI is InChI=1S/C21H29N3O4/c1-20(2)15-21(10-12-28-20,16-7-5-4-6-8-16)9-11-22-17(25)13-24-18(26)14-23(3)19(24)27/h4-8H,9-15H2,1-3H3,(H,22,25)/t21-/m1/s1. The van der Waals surface area contributed by atoms with Crippen LogP contribution in [0.4, 0.5) is 4.79 Å². The summed E-state index contributed by atoms with van der Waals surface area (Å²) in [6.07, 6.45) is 2.54. The topological polar surface area (TPSA) is 79.0 Å². The van der Waals surface area contributed by atoms with E-state index in [2.05, 4.69) is 31.3 Å². The van der Waals surface area contributed by atoms with Crippen LogP contribution in [-0.2, 0) is 19.7 Å². The van der Waals surface area contributed by atoms with Crippen LogP contribution in [0.5, 0.6) is 0 Å². The van der Waals surface area contributed by atoms with Crippen molar-refractivity contribution in [1.29, 1.82) is 0 Å². The highest BCUT2D eigenvalue weighted by atomic mass is 16.5. The van der Waals surface area contributed by atoms with Gasteiger partial charge in [-0.1, -0.05) is 30.3 Å². The van der Waals surface area contributed by atoms with Crippen LogP contribution in [0.1, 0.15) is 38.7 Å². The van der Waals surface area contributed by atoms with Gasteiger partial charge in [-0.05, 0) is 38.7 Å². The SMILES string of the molecule is CN1CC(=O)N(CC(=O)NCC[C@@]2(c3ccccc3)CCOC(C)(C)C2)C1=O. The van der Waals surface area contributed by atoms with Gasteiger partial charge in [0.15, 0.2) is 0 Å². The summed E-state index contributed by atoms with van der Waals surface area (Å²) in [6.45, 7) is 5.16. The first kappa shape index (κ1) is 20.3. The molecule has 0 bridgehead atoms. The summed E-state index contributed by atoms with van der Waals surface area (Å²) in [5.41, 5.74) is 0.958. The monoisotopic (exact) mass is 387 g/mol. The average molecular weight is 387 g/mol. The second-order valence-electron chi connectivity index (χ2n) is 8.40. The number of likely N-dealkylation sites (N-methyl/N-ethyl adjacent to an activating group) is 1. The molecule has 1 atom stereocenters. The number of rotatable bonds is 6. The van der Waals surface area contributed by atoms with E-state index in [1.54, 1.807) is 7.05 Å². The molecule has 2 aliphatic rings. The minimum Gasteiger partial charge on any atom is -0.376 e. The van der Waals surface area contributed by atoms with E-state index in [4.69, 9.17) is 4.74 Å². The molecular weight excluding hydrogens is 358 g/mol. The Kier molecular flexibility index (Phi) is 5.74. The van der Waals surface area contributed by atoms with Crippen molar-refractivity contribution in [1.82, 2.24) is 15.1 Å². The number of imide groups is 1. The molecule has 2 fully saturated rings. The van der Waals surface area contributed by atoms with Gasteiger partial charge < -0.3 is 15.0 Å². The van der Waals surface area contributed by atoms with Crippen LogP contribution in [0.2, 0.25) is 0 Å². The third-order valence-corrected chi connectivity index (χ3v) is 5.68. The Morgan fingerprint density at radius 1 is 1.21 bits per heavy atom. The van der Waals surface area contributed by atoms with Crippen molar-refractivity contribution in [3.8, 4) is 0 Å². The fraction of sp³-hybridized carbons (Fsp3) is 0.571. The number of urea groups is 1. The molecule has 7 nitrogen and oxygen atoms in total. The van der Waals surface area contributed by atoms with E-state index in [-0.39, 0.29) is 35.9 Å². The Labute approximate surface area is 166 Å². The normalized spacial score (nSPS) is 24.5. The maximum atomic E-state index is 12.3. The van der Waals surface area contributed by atoms with E-state index in [9.17, 15) is 14.4 Å². The summed E-state index contributed by atoms with van der Waals surface area (Å²) in [6, 6.07) is 9.94. The number of ether oxygens (including phenoxy) is 1. The molecule has 0 spiro atoms. The molecule has 2 aliphatic heterocycles. The summed E-state index contributed by atoms with van der Waals surface area (Å²) in [5.74, 6) is -0.652. The number of nitrogens with one attached hydrogen (secondary N) is 1. The maximum absolute atomic E-state index is 12.3. The van der Waals surface area contributed by atoms with Crippen molar-refractivity contribution in [2.45, 2.75) is 44.1 Å². The number of carbonyl (C=O) groups is 3. The van der Waals surface area contributed by atoms with Gasteiger partial charge in [0.05, 0.1) is 5.60 Å². The molecule has 152 valence electrons. The van der Waals surface area contributed by atoms with E-state index in [1.165, 1.54) is 10.5 Å². The molecule has 7 heteroatoms. The smallest absolute Gasteiger partial charge is 0.327 e. The lowest BCUT2D eigenvalue weighted by Crippen LogP contribution is -2.46. The molecule has 3 rings (SSSR count). The molecule has 0 unspecified atom stereocenters. The molecule has 0 aliphatic carbocycles. The largest absolute Gasteiger partial charge is 0.376 e. The second kappa shape index (κ2) is 7.91. The molecule has 1 aromatic carbocycles. The second-order valence-corrected chi connectivity index (χ2v) is 8.40. The van der Waals surface area contributed by atoms with Gasteiger partial charge in [-0.25, -0.2) is 4.79 Å². The number of hydrogen-bond donors (Lipinski definition) is 1. The minimum atomic E-state index is -0.424. The summed E-state index contributed by atoms with van der Waals surface area (Å²) in [5, 5.41) is 2.89. The highest BCUT2D eigenvalue weighted by Gasteiger charge is 2.42. The zero-order valence-corrected chi connectivity index (χ0v) is 16.9. The molecule has 0 saturated carbocycles. The molecule has 2 heterocycles. The lowest BCUT2D eigenvalue weighted by Gasteiger charge is -2.45. The predicted octanol–water partition coefficient (Wildman–Crippen LogP) is 1.91. The van der Waals surface area contributed by atoms with Crippen LogP contribution in [0, 0.1) is 0 Å². The van der Waals surface area contributed by atoms with Gasteiger partial charge >= 0.3 is 6.03 Å². The fourth-order valence-electron chi connectivity index (χ4n) is 4.34. The zero-order chi connectivity index (χ0) is 20.4. The Bertz CT molecular complexity index is 749. The Balaban J connectivity index is 1.62. The van der Waals surface area contributed by atoms with Gasteiger partial charge in [0, 0.05) is 25.6 Å². The number of benzene rings is 1. The van der Waals surface area contributed by atoms with Crippen molar-refractivity contribution in [2.75, 3.05) is 33.3 Å². The minimum absolute atomic E-state index is 0.0261. The lowest BCUT2D eigenvalue weighted by atomic mass is 9.67. The first-order valence-corrected chi connectivity index (χ1v) is 9.74. The highest BCUT2D eigenvalue weighted by Crippen LogP contribution is 2.43. The Morgan fingerprint density at radius 3 is 2.54 bits per heavy atom. The molecule has 1 N–H and O–H groups in total. The molecule has 0 radical (unpaired) electrons. The van der Waals surface area contributed by atoms with Crippen molar-refractivity contribution in [3.63, 3.8) is 0 Å². The Morgan fingerprint density at radius 2 is 1.93 bits per heavy atom. The Hall–Kier alpha value is -2.41. The van der Waals surface area contributed by atoms with Gasteiger partial charge in [0.1, 0.15) is 13.1 Å². The summed E-state index contributed by atoms with van der Waals surface area (Å²) in [7, 11) is 1.55. The van der Waals surface area contributed by atoms with Crippen molar-refractivity contribution < 1.29 is 19.1 Å². The van der Waals surface area contributed by atoms with Crippen LogP contribution in [0.25, 0.3) is 0 Å². The molecule has 1 aromatic rings. The fourth-order valence-corrected chi connectivity index (χ4v) is 4.34. The van der Waals surface area contributed by atoms with Crippen molar-refractivity contribution >= 4 is 17.8 Å². The van der Waals surface area contributed by atoms with Gasteiger partial charge in [-0.15, -0.1) is 0 Å². The van der Waals surface area contributed by atoms with Crippen LogP contribution in [0.3, 0.4) is 0 Å².